The van der Waals surface area contributed by atoms with Crippen LogP contribution in [0.1, 0.15) is 43.5 Å². The van der Waals surface area contributed by atoms with Gasteiger partial charge in [-0.15, -0.1) is 0 Å². The van der Waals surface area contributed by atoms with Gasteiger partial charge < -0.3 is 10.2 Å². The average molecular weight is 455 g/mol. The van der Waals surface area contributed by atoms with E-state index in [9.17, 15) is 13.2 Å². The molecule has 0 radical (unpaired) electrons. The van der Waals surface area contributed by atoms with E-state index in [1.54, 1.807) is 4.90 Å². The molecule has 0 aromatic heterocycles. The predicted molar refractivity (Wildman–Crippen MR) is 123 cm³/mol. The van der Waals surface area contributed by atoms with Crippen molar-refractivity contribution < 1.29 is 13.2 Å². The second kappa shape index (κ2) is 10.2. The van der Waals surface area contributed by atoms with Crippen molar-refractivity contribution >= 4 is 16.1 Å². The van der Waals surface area contributed by atoms with Crippen LogP contribution in [-0.2, 0) is 16.4 Å². The maximum absolute atomic E-state index is 12.8. The van der Waals surface area contributed by atoms with E-state index < -0.39 is 10.0 Å². The van der Waals surface area contributed by atoms with E-state index in [0.717, 1.165) is 12.0 Å². The largest absolute Gasteiger partial charge is 0.331 e. The number of rotatable bonds is 6. The Morgan fingerprint density at radius 1 is 1.00 bits per heavy atom. The molecule has 0 unspecified atom stereocenters. The molecule has 1 N–H and O–H groups in total. The first-order valence-corrected chi connectivity index (χ1v) is 12.3. The second-order valence-electron chi connectivity index (χ2n) is 8.54. The molecule has 2 amide bonds. The summed E-state index contributed by atoms with van der Waals surface area (Å²) in [6, 6.07) is 15.8. The van der Waals surface area contributed by atoms with Crippen LogP contribution in [0.25, 0.3) is 0 Å². The van der Waals surface area contributed by atoms with E-state index in [2.05, 4.69) is 31.3 Å². The van der Waals surface area contributed by atoms with Crippen LogP contribution in [0.4, 0.5) is 4.79 Å². The van der Waals surface area contributed by atoms with Gasteiger partial charge in [0.25, 0.3) is 0 Å². The van der Waals surface area contributed by atoms with E-state index in [4.69, 9.17) is 5.26 Å². The zero-order chi connectivity index (χ0) is 23.3. The number of hydrogen-bond acceptors (Lipinski definition) is 4. The number of sulfonamides is 1. The number of carbonyl (C=O) groups is 1. The molecule has 1 atom stereocenters. The molecule has 1 fully saturated rings. The first-order chi connectivity index (χ1) is 15.2. The Hall–Kier alpha value is -2.89. The van der Waals surface area contributed by atoms with Crippen molar-refractivity contribution in [2.45, 2.75) is 38.1 Å². The minimum Gasteiger partial charge on any atom is -0.331 e. The summed E-state index contributed by atoms with van der Waals surface area (Å²) in [5.41, 5.74) is 2.73. The Bertz CT molecular complexity index is 1070. The maximum atomic E-state index is 12.8. The predicted octanol–water partition coefficient (Wildman–Crippen LogP) is 3.53. The zero-order valence-corrected chi connectivity index (χ0v) is 19.6. The molecule has 8 heteroatoms. The number of nitrogens with one attached hydrogen (secondary N) is 1. The number of benzene rings is 2. The third kappa shape index (κ3) is 5.67. The summed E-state index contributed by atoms with van der Waals surface area (Å²) >= 11 is 0. The van der Waals surface area contributed by atoms with Gasteiger partial charge in [0.1, 0.15) is 0 Å². The van der Waals surface area contributed by atoms with Crippen LogP contribution >= 0.6 is 0 Å². The van der Waals surface area contributed by atoms with Crippen LogP contribution in [0.2, 0.25) is 0 Å². The van der Waals surface area contributed by atoms with Crippen LogP contribution < -0.4 is 5.32 Å². The summed E-state index contributed by atoms with van der Waals surface area (Å²) in [4.78, 5) is 14.5. The number of carbonyl (C=O) groups excluding carboxylic acids is 1. The molecule has 170 valence electrons. The monoisotopic (exact) mass is 454 g/mol. The van der Waals surface area contributed by atoms with Crippen molar-refractivity contribution in [3.63, 3.8) is 0 Å². The molecule has 1 aliphatic heterocycles. The summed E-state index contributed by atoms with van der Waals surface area (Å²) in [6.07, 6.45) is 1.02. The number of nitrogens with zero attached hydrogens (tertiary/aromatic N) is 3. The molecule has 1 heterocycles. The molecule has 1 aliphatic rings. The molecular weight excluding hydrogens is 424 g/mol. The first-order valence-electron chi connectivity index (χ1n) is 10.9. The number of amides is 2. The van der Waals surface area contributed by atoms with E-state index in [1.807, 2.05) is 25.1 Å². The minimum atomic E-state index is -3.65. The topological polar surface area (TPSA) is 93.5 Å². The lowest BCUT2D eigenvalue weighted by atomic mass is 10.00. The molecule has 1 saturated heterocycles. The maximum Gasteiger partial charge on any atom is 0.317 e. The van der Waals surface area contributed by atoms with Gasteiger partial charge in [-0.05, 0) is 54.7 Å². The Morgan fingerprint density at radius 3 is 2.12 bits per heavy atom. The van der Waals surface area contributed by atoms with E-state index >= 15 is 0 Å². The van der Waals surface area contributed by atoms with Gasteiger partial charge in [0, 0.05) is 26.2 Å². The Balaban J connectivity index is 1.55. The van der Waals surface area contributed by atoms with Gasteiger partial charge >= 0.3 is 6.03 Å². The quantitative estimate of drug-likeness (QED) is 0.722. The summed E-state index contributed by atoms with van der Waals surface area (Å²) in [5, 5.41) is 11.9. The van der Waals surface area contributed by atoms with E-state index in [-0.39, 0.29) is 30.1 Å². The fourth-order valence-electron chi connectivity index (χ4n) is 3.76. The fourth-order valence-corrected chi connectivity index (χ4v) is 5.18. The molecule has 0 spiro atoms. The van der Waals surface area contributed by atoms with Crippen LogP contribution in [0.3, 0.4) is 0 Å². The van der Waals surface area contributed by atoms with Gasteiger partial charge in [-0.3, -0.25) is 0 Å². The SMILES string of the molecule is CC(C)Cc1ccc([C@H](C)NC(=O)N2CCN(S(=O)(=O)c3ccc(C#N)cc3)CC2)cc1. The normalized spacial score (nSPS) is 15.9. The molecular formula is C24H30N4O3S. The van der Waals surface area contributed by atoms with E-state index in [0.29, 0.717) is 24.6 Å². The highest BCUT2D eigenvalue weighted by atomic mass is 32.2. The van der Waals surface area contributed by atoms with Gasteiger partial charge in [0.15, 0.2) is 0 Å². The lowest BCUT2D eigenvalue weighted by Gasteiger charge is -2.34. The Kier molecular flexibility index (Phi) is 7.54. The number of hydrogen-bond donors (Lipinski definition) is 1. The van der Waals surface area contributed by atoms with Crippen LogP contribution in [0, 0.1) is 17.2 Å². The highest BCUT2D eigenvalue weighted by Crippen LogP contribution is 2.19. The molecule has 3 rings (SSSR count). The molecule has 0 saturated carbocycles. The number of piperazine rings is 1. The van der Waals surface area contributed by atoms with Gasteiger partial charge in [-0.1, -0.05) is 38.1 Å². The minimum absolute atomic E-state index is 0.143. The molecule has 32 heavy (non-hydrogen) atoms. The smallest absolute Gasteiger partial charge is 0.317 e. The molecule has 0 bridgehead atoms. The van der Waals surface area contributed by atoms with Crippen molar-refractivity contribution in [3.8, 4) is 6.07 Å². The number of nitriles is 1. The zero-order valence-electron chi connectivity index (χ0n) is 18.8. The molecule has 0 aliphatic carbocycles. The summed E-state index contributed by atoms with van der Waals surface area (Å²) in [6.45, 7) is 7.42. The molecule has 7 nitrogen and oxygen atoms in total. The highest BCUT2D eigenvalue weighted by Gasteiger charge is 2.30. The summed E-state index contributed by atoms with van der Waals surface area (Å²) < 4.78 is 27.1. The highest BCUT2D eigenvalue weighted by molar-refractivity contribution is 7.89. The van der Waals surface area contributed by atoms with E-state index in [1.165, 1.54) is 34.1 Å². The Morgan fingerprint density at radius 2 is 1.59 bits per heavy atom. The van der Waals surface area contributed by atoms with Crippen molar-refractivity contribution in [1.29, 1.82) is 5.26 Å². The van der Waals surface area contributed by atoms with Crippen LogP contribution in [0.15, 0.2) is 53.4 Å². The average Bonchev–Trinajstić information content (AvgIpc) is 2.79. The lowest BCUT2D eigenvalue weighted by molar-refractivity contribution is 0.169. The lowest BCUT2D eigenvalue weighted by Crippen LogP contribution is -2.53. The molecule has 2 aromatic rings. The Labute approximate surface area is 190 Å². The van der Waals surface area contributed by atoms with Gasteiger partial charge in [0.2, 0.25) is 10.0 Å². The van der Waals surface area contributed by atoms with Crippen molar-refractivity contribution in [3.05, 3.63) is 65.2 Å². The van der Waals surface area contributed by atoms with Crippen molar-refractivity contribution in [2.75, 3.05) is 26.2 Å². The molecule has 2 aromatic carbocycles. The summed E-state index contributed by atoms with van der Waals surface area (Å²) in [7, 11) is -3.65. The van der Waals surface area contributed by atoms with Crippen LogP contribution in [-0.4, -0.2) is 49.8 Å². The standard InChI is InChI=1S/C24H30N4O3S/c1-18(2)16-20-4-8-22(9-5-20)19(3)26-24(29)27-12-14-28(15-13-27)32(30,31)23-10-6-21(17-25)7-11-23/h4-11,18-19H,12-16H2,1-3H3,(H,26,29)/t19-/m0/s1. The van der Waals surface area contributed by atoms with Gasteiger partial charge in [0.05, 0.1) is 22.6 Å². The third-order valence-corrected chi connectivity index (χ3v) is 7.52. The van der Waals surface area contributed by atoms with Gasteiger partial charge in [-0.25, -0.2) is 13.2 Å². The summed E-state index contributed by atoms with van der Waals surface area (Å²) in [5.74, 6) is 0.595. The van der Waals surface area contributed by atoms with Crippen LogP contribution in [0.5, 0.6) is 0 Å². The van der Waals surface area contributed by atoms with Crippen molar-refractivity contribution in [2.24, 2.45) is 5.92 Å². The second-order valence-corrected chi connectivity index (χ2v) is 10.5. The third-order valence-electron chi connectivity index (χ3n) is 5.61. The van der Waals surface area contributed by atoms with Gasteiger partial charge in [-0.2, -0.15) is 9.57 Å². The van der Waals surface area contributed by atoms with Crippen molar-refractivity contribution in [1.82, 2.24) is 14.5 Å². The number of urea groups is 1. The first kappa shape index (κ1) is 23.8. The fraction of sp³-hybridized carbons (Fsp3) is 0.417.